The van der Waals surface area contributed by atoms with E-state index in [1.165, 1.54) is 5.56 Å². The zero-order valence-corrected chi connectivity index (χ0v) is 12.1. The number of rotatable bonds is 4. The van der Waals surface area contributed by atoms with Gasteiger partial charge >= 0.3 is 0 Å². The minimum absolute atomic E-state index is 0.231. The molecule has 2 heterocycles. The first-order valence-electron chi connectivity index (χ1n) is 7.04. The number of ether oxygens (including phenoxy) is 1. The summed E-state index contributed by atoms with van der Waals surface area (Å²) in [7, 11) is 0. The third-order valence-corrected chi connectivity index (χ3v) is 3.99. The van der Waals surface area contributed by atoms with Gasteiger partial charge in [0.25, 0.3) is 0 Å². The van der Waals surface area contributed by atoms with Crippen molar-refractivity contribution < 1.29 is 9.26 Å². The lowest BCUT2D eigenvalue weighted by molar-refractivity contribution is 0.323. The molecule has 0 amide bonds. The molecule has 2 aromatic rings. The van der Waals surface area contributed by atoms with Crippen molar-refractivity contribution in [1.82, 2.24) is 10.5 Å². The van der Waals surface area contributed by atoms with Gasteiger partial charge < -0.3 is 14.6 Å². The molecule has 1 N–H and O–H groups in total. The van der Waals surface area contributed by atoms with E-state index in [1.54, 1.807) is 0 Å². The lowest BCUT2D eigenvalue weighted by Crippen LogP contribution is -2.26. The van der Waals surface area contributed by atoms with E-state index in [9.17, 15) is 0 Å². The summed E-state index contributed by atoms with van der Waals surface area (Å²) in [6.07, 6.45) is 0. The molecule has 0 bridgehead atoms. The largest absolute Gasteiger partial charge is 0.493 e. The Kier molecular flexibility index (Phi) is 3.49. The number of aryl methyl sites for hydroxylation is 2. The standard InChI is InChI=1S/C16H20N2O2/c1-10(16-11(2)18-20-12(16)3)17-8-13-9-19-15-7-5-4-6-14(13)15/h4-7,10,13,17H,8-9H2,1-3H3. The molecule has 3 rings (SSSR count). The Morgan fingerprint density at radius 1 is 1.35 bits per heavy atom. The third-order valence-electron chi connectivity index (χ3n) is 3.99. The van der Waals surface area contributed by atoms with Crippen molar-refractivity contribution in [2.24, 2.45) is 0 Å². The van der Waals surface area contributed by atoms with E-state index in [0.29, 0.717) is 5.92 Å². The topological polar surface area (TPSA) is 47.3 Å². The maximum Gasteiger partial charge on any atom is 0.138 e. The molecule has 1 aromatic heterocycles. The van der Waals surface area contributed by atoms with Crippen LogP contribution in [0, 0.1) is 13.8 Å². The number of hydrogen-bond donors (Lipinski definition) is 1. The predicted molar refractivity (Wildman–Crippen MR) is 77.1 cm³/mol. The van der Waals surface area contributed by atoms with Gasteiger partial charge in [-0.25, -0.2) is 0 Å². The van der Waals surface area contributed by atoms with Gasteiger partial charge in [0, 0.05) is 29.6 Å². The van der Waals surface area contributed by atoms with Crippen LogP contribution in [-0.2, 0) is 0 Å². The van der Waals surface area contributed by atoms with E-state index >= 15 is 0 Å². The molecule has 0 fully saturated rings. The van der Waals surface area contributed by atoms with Gasteiger partial charge in [-0.05, 0) is 26.8 Å². The summed E-state index contributed by atoms with van der Waals surface area (Å²) in [4.78, 5) is 0. The van der Waals surface area contributed by atoms with Crippen LogP contribution in [0.4, 0.5) is 0 Å². The van der Waals surface area contributed by atoms with Crippen molar-refractivity contribution in [1.29, 1.82) is 0 Å². The normalized spacial score (nSPS) is 18.6. The molecule has 1 aliphatic rings. The van der Waals surface area contributed by atoms with Crippen LogP contribution < -0.4 is 10.1 Å². The molecule has 106 valence electrons. The lowest BCUT2D eigenvalue weighted by atomic mass is 10.00. The fraction of sp³-hybridized carbons (Fsp3) is 0.438. The molecule has 0 radical (unpaired) electrons. The first-order valence-corrected chi connectivity index (χ1v) is 7.04. The van der Waals surface area contributed by atoms with Gasteiger partial charge in [-0.3, -0.25) is 0 Å². The second-order valence-corrected chi connectivity index (χ2v) is 5.41. The highest BCUT2D eigenvalue weighted by atomic mass is 16.5. The SMILES string of the molecule is Cc1noc(C)c1C(C)NCC1COc2ccccc21. The molecule has 0 spiro atoms. The van der Waals surface area contributed by atoms with Crippen LogP contribution in [0.5, 0.6) is 5.75 Å². The fourth-order valence-electron chi connectivity index (χ4n) is 2.93. The van der Waals surface area contributed by atoms with E-state index in [-0.39, 0.29) is 6.04 Å². The van der Waals surface area contributed by atoms with Gasteiger partial charge in [-0.15, -0.1) is 0 Å². The monoisotopic (exact) mass is 272 g/mol. The van der Waals surface area contributed by atoms with Gasteiger partial charge in [0.1, 0.15) is 11.5 Å². The minimum atomic E-state index is 0.231. The van der Waals surface area contributed by atoms with E-state index in [0.717, 1.165) is 35.9 Å². The highest BCUT2D eigenvalue weighted by molar-refractivity contribution is 5.39. The van der Waals surface area contributed by atoms with Crippen molar-refractivity contribution in [3.8, 4) is 5.75 Å². The Hall–Kier alpha value is -1.81. The zero-order chi connectivity index (χ0) is 14.1. The van der Waals surface area contributed by atoms with Crippen LogP contribution in [0.2, 0.25) is 0 Å². The molecule has 0 saturated carbocycles. The third kappa shape index (κ3) is 2.31. The maximum atomic E-state index is 5.71. The zero-order valence-electron chi connectivity index (χ0n) is 12.1. The number of benzene rings is 1. The van der Waals surface area contributed by atoms with Crippen LogP contribution in [0.25, 0.3) is 0 Å². The number of hydrogen-bond acceptors (Lipinski definition) is 4. The van der Waals surface area contributed by atoms with Crippen LogP contribution in [0.3, 0.4) is 0 Å². The summed E-state index contributed by atoms with van der Waals surface area (Å²) in [5.74, 6) is 2.32. The van der Waals surface area contributed by atoms with Crippen molar-refractivity contribution in [3.05, 3.63) is 46.8 Å². The summed E-state index contributed by atoms with van der Waals surface area (Å²) in [5.41, 5.74) is 3.42. The molecule has 2 unspecified atom stereocenters. The molecule has 0 saturated heterocycles. The lowest BCUT2D eigenvalue weighted by Gasteiger charge is -2.16. The van der Waals surface area contributed by atoms with Crippen molar-refractivity contribution in [2.75, 3.05) is 13.2 Å². The number of fused-ring (bicyclic) bond motifs is 1. The maximum absolute atomic E-state index is 5.71. The first kappa shape index (κ1) is 13.2. The molecule has 1 aromatic carbocycles. The van der Waals surface area contributed by atoms with Crippen molar-refractivity contribution in [2.45, 2.75) is 32.7 Å². The van der Waals surface area contributed by atoms with Gasteiger partial charge in [-0.2, -0.15) is 0 Å². The predicted octanol–water partition coefficient (Wildman–Crippen LogP) is 3.12. The minimum Gasteiger partial charge on any atom is -0.493 e. The molecule has 20 heavy (non-hydrogen) atoms. The molecular weight excluding hydrogens is 252 g/mol. The Labute approximate surface area is 119 Å². The highest BCUT2D eigenvalue weighted by Gasteiger charge is 2.24. The summed E-state index contributed by atoms with van der Waals surface area (Å²) >= 11 is 0. The van der Waals surface area contributed by atoms with E-state index in [1.807, 2.05) is 26.0 Å². The summed E-state index contributed by atoms with van der Waals surface area (Å²) < 4.78 is 10.9. The average Bonchev–Trinajstić information content (AvgIpc) is 3.00. The van der Waals surface area contributed by atoms with E-state index in [2.05, 4.69) is 29.5 Å². The van der Waals surface area contributed by atoms with E-state index in [4.69, 9.17) is 9.26 Å². The summed E-state index contributed by atoms with van der Waals surface area (Å²) in [5, 5.41) is 7.58. The van der Waals surface area contributed by atoms with Crippen LogP contribution in [-0.4, -0.2) is 18.3 Å². The van der Waals surface area contributed by atoms with Gasteiger partial charge in [0.15, 0.2) is 0 Å². The molecule has 1 aliphatic heterocycles. The van der Waals surface area contributed by atoms with Crippen molar-refractivity contribution >= 4 is 0 Å². The Bertz CT molecular complexity index is 587. The van der Waals surface area contributed by atoms with E-state index < -0.39 is 0 Å². The van der Waals surface area contributed by atoms with Gasteiger partial charge in [0.05, 0.1) is 12.3 Å². The quantitative estimate of drug-likeness (QED) is 0.929. The second kappa shape index (κ2) is 5.29. The number of para-hydroxylation sites is 1. The summed E-state index contributed by atoms with van der Waals surface area (Å²) in [6.45, 7) is 7.73. The first-order chi connectivity index (χ1) is 9.66. The number of nitrogens with one attached hydrogen (secondary N) is 1. The van der Waals surface area contributed by atoms with Gasteiger partial charge in [-0.1, -0.05) is 23.4 Å². The average molecular weight is 272 g/mol. The molecule has 4 heteroatoms. The second-order valence-electron chi connectivity index (χ2n) is 5.41. The Balaban J connectivity index is 1.66. The fourth-order valence-corrected chi connectivity index (χ4v) is 2.93. The van der Waals surface area contributed by atoms with Crippen LogP contribution in [0.1, 0.15) is 41.5 Å². The Morgan fingerprint density at radius 3 is 2.90 bits per heavy atom. The summed E-state index contributed by atoms with van der Waals surface area (Å²) in [6, 6.07) is 8.50. The molecule has 4 nitrogen and oxygen atoms in total. The highest BCUT2D eigenvalue weighted by Crippen LogP contribution is 2.33. The smallest absolute Gasteiger partial charge is 0.138 e. The Morgan fingerprint density at radius 2 is 2.15 bits per heavy atom. The van der Waals surface area contributed by atoms with Crippen LogP contribution >= 0.6 is 0 Å². The number of aromatic nitrogens is 1. The van der Waals surface area contributed by atoms with Gasteiger partial charge in [0.2, 0.25) is 0 Å². The van der Waals surface area contributed by atoms with Crippen molar-refractivity contribution in [3.63, 3.8) is 0 Å². The molecule has 0 aliphatic carbocycles. The molecular formula is C16H20N2O2. The van der Waals surface area contributed by atoms with Crippen LogP contribution in [0.15, 0.2) is 28.8 Å². The number of nitrogens with zero attached hydrogens (tertiary/aromatic N) is 1. The molecule has 2 atom stereocenters.